The molecule has 170 valence electrons. The Hall–Kier alpha value is -3.09. The largest absolute Gasteiger partial charge is 0.465 e. The Morgan fingerprint density at radius 1 is 1.21 bits per heavy atom. The van der Waals surface area contributed by atoms with E-state index in [1.807, 2.05) is 24.3 Å². The standard InChI is InChI=1S/C21H19N5O4S3/c27-17(24-25-18(28)12-32-20-22-14-6-1-2-7-15(14)23-20)8-3-9-26-19(29)16(33-21(26)31)11-13-5-4-10-30-13/h1-2,4-7,10-11H,3,8-9,12H2,(H,22,23)(H,24,27)(H,25,28)/b16-11+. The van der Waals surface area contributed by atoms with Gasteiger partial charge in [0.2, 0.25) is 11.8 Å². The van der Waals surface area contributed by atoms with E-state index >= 15 is 0 Å². The first-order valence-electron chi connectivity index (χ1n) is 9.94. The lowest BCUT2D eigenvalue weighted by Crippen LogP contribution is -2.42. The maximum absolute atomic E-state index is 12.5. The number of furan rings is 1. The molecule has 1 fully saturated rings. The summed E-state index contributed by atoms with van der Waals surface area (Å²) in [4.78, 5) is 46.0. The van der Waals surface area contributed by atoms with Crippen LogP contribution < -0.4 is 10.9 Å². The molecule has 0 atom stereocenters. The Morgan fingerprint density at radius 3 is 2.82 bits per heavy atom. The molecule has 1 saturated heterocycles. The van der Waals surface area contributed by atoms with E-state index in [2.05, 4.69) is 20.8 Å². The van der Waals surface area contributed by atoms with Gasteiger partial charge in [0.15, 0.2) is 5.16 Å². The summed E-state index contributed by atoms with van der Waals surface area (Å²) in [6, 6.07) is 11.1. The van der Waals surface area contributed by atoms with Gasteiger partial charge >= 0.3 is 0 Å². The summed E-state index contributed by atoms with van der Waals surface area (Å²) in [6.45, 7) is 0.309. The van der Waals surface area contributed by atoms with Gasteiger partial charge in [-0.2, -0.15) is 0 Å². The molecule has 3 heterocycles. The number of H-pyrrole nitrogens is 1. The van der Waals surface area contributed by atoms with Gasteiger partial charge in [-0.15, -0.1) is 0 Å². The summed E-state index contributed by atoms with van der Waals surface area (Å²) in [6.07, 6.45) is 3.70. The van der Waals surface area contributed by atoms with Crippen LogP contribution in [-0.4, -0.2) is 49.2 Å². The molecule has 0 spiro atoms. The molecular weight excluding hydrogens is 482 g/mol. The van der Waals surface area contributed by atoms with Gasteiger partial charge in [0, 0.05) is 19.0 Å². The summed E-state index contributed by atoms with van der Waals surface area (Å²) < 4.78 is 5.67. The summed E-state index contributed by atoms with van der Waals surface area (Å²) in [5.41, 5.74) is 6.49. The Morgan fingerprint density at radius 2 is 2.03 bits per heavy atom. The molecule has 3 aromatic rings. The first kappa shape index (κ1) is 23.1. The van der Waals surface area contributed by atoms with Gasteiger partial charge in [-0.25, -0.2) is 4.98 Å². The monoisotopic (exact) mass is 501 g/mol. The van der Waals surface area contributed by atoms with Gasteiger partial charge in [0.1, 0.15) is 10.1 Å². The topological polar surface area (TPSA) is 120 Å². The molecule has 1 aromatic carbocycles. The number of para-hydroxylation sites is 2. The molecule has 3 amide bonds. The van der Waals surface area contributed by atoms with Crippen molar-refractivity contribution in [3.05, 3.63) is 53.3 Å². The Kier molecular flexibility index (Phi) is 7.47. The van der Waals surface area contributed by atoms with E-state index in [4.69, 9.17) is 16.6 Å². The number of aromatic amines is 1. The Balaban J connectivity index is 1.15. The number of imidazole rings is 1. The van der Waals surface area contributed by atoms with Crippen LogP contribution in [0.1, 0.15) is 18.6 Å². The number of hydrogen-bond acceptors (Lipinski definition) is 8. The highest BCUT2D eigenvalue weighted by molar-refractivity contribution is 8.26. The van der Waals surface area contributed by atoms with Crippen molar-refractivity contribution < 1.29 is 18.8 Å². The highest BCUT2D eigenvalue weighted by atomic mass is 32.2. The summed E-state index contributed by atoms with van der Waals surface area (Å²) in [5.74, 6) is -0.247. The number of thiocarbonyl (C=S) groups is 1. The Bertz CT molecular complexity index is 1190. The molecule has 0 radical (unpaired) electrons. The molecule has 9 nitrogen and oxygen atoms in total. The smallest absolute Gasteiger partial charge is 0.266 e. The summed E-state index contributed by atoms with van der Waals surface area (Å²) >= 11 is 7.71. The van der Waals surface area contributed by atoms with Crippen LogP contribution >= 0.6 is 35.7 Å². The van der Waals surface area contributed by atoms with Crippen molar-refractivity contribution in [3.8, 4) is 0 Å². The molecule has 12 heteroatoms. The third kappa shape index (κ3) is 6.03. The van der Waals surface area contributed by atoms with Crippen molar-refractivity contribution in [3.63, 3.8) is 0 Å². The number of hydrogen-bond donors (Lipinski definition) is 3. The molecule has 0 saturated carbocycles. The lowest BCUT2D eigenvalue weighted by atomic mass is 10.3. The van der Waals surface area contributed by atoms with Crippen molar-refractivity contribution in [1.82, 2.24) is 25.7 Å². The van der Waals surface area contributed by atoms with Crippen molar-refractivity contribution in [2.24, 2.45) is 0 Å². The number of benzene rings is 1. The van der Waals surface area contributed by atoms with E-state index in [0.717, 1.165) is 11.0 Å². The zero-order valence-corrected chi connectivity index (χ0v) is 19.6. The lowest BCUT2D eigenvalue weighted by molar-refractivity contribution is -0.128. The molecule has 0 bridgehead atoms. The van der Waals surface area contributed by atoms with Crippen molar-refractivity contribution in [2.45, 2.75) is 18.0 Å². The van der Waals surface area contributed by atoms with Gasteiger partial charge in [0.25, 0.3) is 5.91 Å². The van der Waals surface area contributed by atoms with Gasteiger partial charge in [0.05, 0.1) is 28.0 Å². The van der Waals surface area contributed by atoms with E-state index in [1.54, 1.807) is 18.2 Å². The van der Waals surface area contributed by atoms with Crippen molar-refractivity contribution in [2.75, 3.05) is 12.3 Å². The van der Waals surface area contributed by atoms with Crippen LogP contribution in [0, 0.1) is 0 Å². The number of nitrogens with one attached hydrogen (secondary N) is 3. The van der Waals surface area contributed by atoms with Crippen LogP contribution in [0.4, 0.5) is 0 Å². The molecule has 0 unspecified atom stereocenters. The first-order chi connectivity index (χ1) is 16.0. The van der Waals surface area contributed by atoms with Crippen LogP contribution in [0.15, 0.2) is 57.1 Å². The molecule has 3 N–H and O–H groups in total. The van der Waals surface area contributed by atoms with Crippen LogP contribution in [-0.2, 0) is 14.4 Å². The number of thioether (sulfide) groups is 2. The number of nitrogens with zero attached hydrogens (tertiary/aromatic N) is 2. The zero-order chi connectivity index (χ0) is 23.2. The van der Waals surface area contributed by atoms with Crippen molar-refractivity contribution in [1.29, 1.82) is 0 Å². The number of aromatic nitrogens is 2. The average Bonchev–Trinajstić information content (AvgIpc) is 3.52. The quantitative estimate of drug-likeness (QED) is 0.186. The number of fused-ring (bicyclic) bond motifs is 1. The third-order valence-electron chi connectivity index (χ3n) is 4.52. The average molecular weight is 502 g/mol. The van der Waals surface area contributed by atoms with E-state index in [9.17, 15) is 14.4 Å². The fourth-order valence-corrected chi connectivity index (χ4v) is 4.94. The fourth-order valence-electron chi connectivity index (χ4n) is 2.96. The maximum Gasteiger partial charge on any atom is 0.266 e. The number of hydrazine groups is 1. The predicted octanol–water partition coefficient (Wildman–Crippen LogP) is 3.08. The second-order valence-electron chi connectivity index (χ2n) is 6.90. The SMILES string of the molecule is O=C(CCCN1C(=O)/C(=C\c2ccco2)SC1=S)NNC(=O)CSc1nc2ccccc2[nH]1. The van der Waals surface area contributed by atoms with E-state index < -0.39 is 0 Å². The lowest BCUT2D eigenvalue weighted by Gasteiger charge is -2.14. The molecule has 4 rings (SSSR count). The van der Waals surface area contributed by atoms with Gasteiger partial charge in [-0.05, 0) is 30.7 Å². The van der Waals surface area contributed by atoms with Gasteiger partial charge in [-0.1, -0.05) is 47.9 Å². The number of carbonyl (C=O) groups is 3. The van der Waals surface area contributed by atoms with Crippen LogP contribution in [0.3, 0.4) is 0 Å². The molecule has 33 heavy (non-hydrogen) atoms. The van der Waals surface area contributed by atoms with Gasteiger partial charge < -0.3 is 9.40 Å². The normalized spacial score (nSPS) is 14.9. The van der Waals surface area contributed by atoms with E-state index in [0.29, 0.717) is 33.1 Å². The maximum atomic E-state index is 12.5. The van der Waals surface area contributed by atoms with Crippen LogP contribution in [0.25, 0.3) is 17.1 Å². The third-order valence-corrected chi connectivity index (χ3v) is 6.78. The van der Waals surface area contributed by atoms with Crippen LogP contribution in [0.5, 0.6) is 0 Å². The summed E-state index contributed by atoms with van der Waals surface area (Å²) in [5, 5.41) is 0.627. The van der Waals surface area contributed by atoms with Crippen molar-refractivity contribution >= 4 is 74.9 Å². The minimum absolute atomic E-state index is 0.0959. The molecule has 1 aliphatic rings. The fraction of sp³-hybridized carbons (Fsp3) is 0.190. The molecule has 0 aliphatic carbocycles. The highest BCUT2D eigenvalue weighted by Crippen LogP contribution is 2.32. The number of rotatable bonds is 8. The predicted molar refractivity (Wildman–Crippen MR) is 131 cm³/mol. The second kappa shape index (κ2) is 10.7. The van der Waals surface area contributed by atoms with E-state index in [-0.39, 0.29) is 29.9 Å². The zero-order valence-electron chi connectivity index (χ0n) is 17.2. The highest BCUT2D eigenvalue weighted by Gasteiger charge is 2.31. The molecular formula is C21H19N5O4S3. The first-order valence-corrected chi connectivity index (χ1v) is 12.1. The number of amides is 3. The van der Waals surface area contributed by atoms with E-state index in [1.165, 1.54) is 34.7 Å². The number of carbonyl (C=O) groups excluding carboxylic acids is 3. The second-order valence-corrected chi connectivity index (χ2v) is 9.54. The molecule has 2 aromatic heterocycles. The minimum Gasteiger partial charge on any atom is -0.465 e. The van der Waals surface area contributed by atoms with Gasteiger partial charge in [-0.3, -0.25) is 30.1 Å². The van der Waals surface area contributed by atoms with Crippen LogP contribution in [0.2, 0.25) is 0 Å². The molecule has 1 aliphatic heterocycles. The summed E-state index contributed by atoms with van der Waals surface area (Å²) in [7, 11) is 0. The Labute approximate surface area is 202 Å². The minimum atomic E-state index is -0.353.